The van der Waals surface area contributed by atoms with Crippen molar-refractivity contribution in [2.75, 3.05) is 18.8 Å². The van der Waals surface area contributed by atoms with Crippen LogP contribution >= 0.6 is 0 Å². The molecule has 15 heavy (non-hydrogen) atoms. The fourth-order valence-corrected chi connectivity index (χ4v) is 3.73. The summed E-state index contributed by atoms with van der Waals surface area (Å²) in [6, 6.07) is 0.101. The van der Waals surface area contributed by atoms with E-state index in [9.17, 15) is 8.42 Å². The first-order chi connectivity index (χ1) is 7.03. The van der Waals surface area contributed by atoms with Crippen LogP contribution in [0.3, 0.4) is 0 Å². The van der Waals surface area contributed by atoms with Crippen LogP contribution in [-0.4, -0.2) is 33.3 Å². The van der Waals surface area contributed by atoms with Crippen molar-refractivity contribution in [3.05, 3.63) is 0 Å². The molecule has 0 aromatic rings. The number of hydrogen-bond donors (Lipinski definition) is 2. The van der Waals surface area contributed by atoms with Gasteiger partial charge in [-0.1, -0.05) is 20.3 Å². The van der Waals surface area contributed by atoms with Crippen LogP contribution in [0.2, 0.25) is 0 Å². The van der Waals surface area contributed by atoms with Gasteiger partial charge < -0.3 is 5.32 Å². The summed E-state index contributed by atoms with van der Waals surface area (Å²) in [4.78, 5) is 0. The van der Waals surface area contributed by atoms with Crippen LogP contribution < -0.4 is 10.0 Å². The van der Waals surface area contributed by atoms with E-state index >= 15 is 0 Å². The molecule has 1 rings (SSSR count). The highest BCUT2D eigenvalue weighted by atomic mass is 32.2. The molecule has 0 aromatic heterocycles. The lowest BCUT2D eigenvalue weighted by Gasteiger charge is -2.15. The van der Waals surface area contributed by atoms with E-state index in [1.807, 2.05) is 6.92 Å². The van der Waals surface area contributed by atoms with Gasteiger partial charge in [0.1, 0.15) is 0 Å². The lowest BCUT2D eigenvalue weighted by atomic mass is 10.1. The Morgan fingerprint density at radius 2 is 2.27 bits per heavy atom. The first-order valence-corrected chi connectivity index (χ1v) is 7.39. The standard InChI is InChI=1S/C10H22N2O2S/c1-3-4-9(2)8-15(13,14)12-10-5-6-11-7-10/h9-12H,3-8H2,1-2H3. The first-order valence-electron chi connectivity index (χ1n) is 5.74. The summed E-state index contributed by atoms with van der Waals surface area (Å²) in [5, 5.41) is 3.15. The van der Waals surface area contributed by atoms with Crippen molar-refractivity contribution in [3.8, 4) is 0 Å². The molecule has 0 bridgehead atoms. The van der Waals surface area contributed by atoms with Crippen LogP contribution in [0.4, 0.5) is 0 Å². The van der Waals surface area contributed by atoms with Gasteiger partial charge >= 0.3 is 0 Å². The van der Waals surface area contributed by atoms with E-state index in [1.165, 1.54) is 0 Å². The van der Waals surface area contributed by atoms with Crippen LogP contribution in [0.15, 0.2) is 0 Å². The van der Waals surface area contributed by atoms with Crippen LogP contribution in [0.5, 0.6) is 0 Å². The van der Waals surface area contributed by atoms with Gasteiger partial charge in [0.05, 0.1) is 5.75 Å². The molecule has 1 heterocycles. The van der Waals surface area contributed by atoms with Gasteiger partial charge in [0.25, 0.3) is 0 Å². The molecule has 1 aliphatic rings. The van der Waals surface area contributed by atoms with Gasteiger partial charge in [-0.3, -0.25) is 0 Å². The van der Waals surface area contributed by atoms with Gasteiger partial charge in [-0.2, -0.15) is 0 Å². The second kappa shape index (κ2) is 5.82. The van der Waals surface area contributed by atoms with E-state index in [2.05, 4.69) is 17.0 Å². The maximum absolute atomic E-state index is 11.7. The minimum absolute atomic E-state index is 0.101. The third kappa shape index (κ3) is 4.95. The van der Waals surface area contributed by atoms with Crippen molar-refractivity contribution in [1.29, 1.82) is 0 Å². The highest BCUT2D eigenvalue weighted by molar-refractivity contribution is 7.89. The Morgan fingerprint density at radius 3 is 2.80 bits per heavy atom. The highest BCUT2D eigenvalue weighted by Crippen LogP contribution is 2.09. The van der Waals surface area contributed by atoms with Gasteiger partial charge in [0.15, 0.2) is 0 Å². The second-order valence-electron chi connectivity index (χ2n) is 4.48. The Labute approximate surface area is 92.9 Å². The summed E-state index contributed by atoms with van der Waals surface area (Å²) >= 11 is 0. The maximum atomic E-state index is 11.7. The van der Waals surface area contributed by atoms with Crippen LogP contribution in [0.25, 0.3) is 0 Å². The predicted octanol–water partition coefficient (Wildman–Crippen LogP) is 0.704. The van der Waals surface area contributed by atoms with E-state index in [0.29, 0.717) is 0 Å². The van der Waals surface area contributed by atoms with E-state index in [0.717, 1.165) is 32.4 Å². The molecule has 0 radical (unpaired) electrons. The number of rotatable bonds is 6. The lowest BCUT2D eigenvalue weighted by molar-refractivity contribution is 0.525. The molecule has 1 saturated heterocycles. The molecule has 0 amide bonds. The fourth-order valence-electron chi connectivity index (χ4n) is 2.01. The highest BCUT2D eigenvalue weighted by Gasteiger charge is 2.22. The van der Waals surface area contributed by atoms with Crippen molar-refractivity contribution >= 4 is 10.0 Å². The number of hydrogen-bond acceptors (Lipinski definition) is 3. The quantitative estimate of drug-likeness (QED) is 0.711. The largest absolute Gasteiger partial charge is 0.315 e. The second-order valence-corrected chi connectivity index (χ2v) is 6.28. The topological polar surface area (TPSA) is 58.2 Å². The molecule has 4 nitrogen and oxygen atoms in total. The molecule has 0 saturated carbocycles. The normalized spacial score (nSPS) is 24.3. The summed E-state index contributed by atoms with van der Waals surface area (Å²) in [6.45, 7) is 5.76. The molecule has 1 aliphatic heterocycles. The van der Waals surface area contributed by atoms with Gasteiger partial charge in [-0.15, -0.1) is 0 Å². The number of sulfonamides is 1. The minimum Gasteiger partial charge on any atom is -0.315 e. The Hall–Kier alpha value is -0.130. The lowest BCUT2D eigenvalue weighted by Crippen LogP contribution is -2.38. The van der Waals surface area contributed by atoms with E-state index in [4.69, 9.17) is 0 Å². The van der Waals surface area contributed by atoms with Crippen LogP contribution in [0.1, 0.15) is 33.1 Å². The van der Waals surface area contributed by atoms with E-state index in [1.54, 1.807) is 0 Å². The summed E-state index contributed by atoms with van der Waals surface area (Å²) in [5.41, 5.74) is 0. The van der Waals surface area contributed by atoms with E-state index in [-0.39, 0.29) is 17.7 Å². The maximum Gasteiger partial charge on any atom is 0.212 e. The Kier molecular flexibility index (Phi) is 5.02. The van der Waals surface area contributed by atoms with Crippen molar-refractivity contribution < 1.29 is 8.42 Å². The smallest absolute Gasteiger partial charge is 0.212 e. The average molecular weight is 234 g/mol. The summed E-state index contributed by atoms with van der Waals surface area (Å²) in [5.74, 6) is 0.513. The Bertz CT molecular complexity index is 271. The molecule has 1 fully saturated rings. The van der Waals surface area contributed by atoms with Crippen molar-refractivity contribution in [3.63, 3.8) is 0 Å². The molecule has 2 N–H and O–H groups in total. The molecule has 0 aliphatic carbocycles. The zero-order chi connectivity index (χ0) is 11.3. The SMILES string of the molecule is CCCC(C)CS(=O)(=O)NC1CCNC1. The van der Waals surface area contributed by atoms with Gasteiger partial charge in [0.2, 0.25) is 10.0 Å². The number of nitrogens with one attached hydrogen (secondary N) is 2. The minimum atomic E-state index is -3.08. The molecule has 0 spiro atoms. The van der Waals surface area contributed by atoms with Gasteiger partial charge in [-0.05, 0) is 25.3 Å². The average Bonchev–Trinajstić information content (AvgIpc) is 2.54. The zero-order valence-corrected chi connectivity index (χ0v) is 10.4. The molecular formula is C10H22N2O2S. The Balaban J connectivity index is 2.37. The van der Waals surface area contributed by atoms with Crippen LogP contribution in [-0.2, 0) is 10.0 Å². The molecule has 2 atom stereocenters. The van der Waals surface area contributed by atoms with Gasteiger partial charge in [0, 0.05) is 12.6 Å². The summed E-state index contributed by atoms with van der Waals surface area (Å²) in [7, 11) is -3.08. The first kappa shape index (κ1) is 12.9. The monoisotopic (exact) mass is 234 g/mol. The molecule has 90 valence electrons. The molecule has 0 aromatic carbocycles. The summed E-state index contributed by atoms with van der Waals surface area (Å²) < 4.78 is 26.2. The van der Waals surface area contributed by atoms with E-state index < -0.39 is 10.0 Å². The zero-order valence-electron chi connectivity index (χ0n) is 9.62. The van der Waals surface area contributed by atoms with Crippen molar-refractivity contribution in [2.45, 2.75) is 39.2 Å². The van der Waals surface area contributed by atoms with Gasteiger partial charge in [-0.25, -0.2) is 13.1 Å². The third-order valence-electron chi connectivity index (χ3n) is 2.69. The summed E-state index contributed by atoms with van der Waals surface area (Å²) in [6.07, 6.45) is 2.92. The molecule has 2 unspecified atom stereocenters. The molecule has 5 heteroatoms. The predicted molar refractivity (Wildman–Crippen MR) is 62.3 cm³/mol. The Morgan fingerprint density at radius 1 is 1.53 bits per heavy atom. The van der Waals surface area contributed by atoms with Crippen molar-refractivity contribution in [1.82, 2.24) is 10.0 Å². The molecular weight excluding hydrogens is 212 g/mol. The van der Waals surface area contributed by atoms with Crippen molar-refractivity contribution in [2.24, 2.45) is 5.92 Å². The fraction of sp³-hybridized carbons (Fsp3) is 1.00. The third-order valence-corrected chi connectivity index (χ3v) is 4.39. The van der Waals surface area contributed by atoms with Crippen LogP contribution in [0, 0.1) is 5.92 Å².